The number of anilines is 1. The van der Waals surface area contributed by atoms with Crippen molar-refractivity contribution in [2.24, 2.45) is 0 Å². The SMILES string of the molecule is CC(C)(C)c1ccc(C2C(=C(O)c3ccncc3)C(=O)C(=O)N2c2nnc(SCc3ccc(F)cc3)s2)cc1. The lowest BCUT2D eigenvalue weighted by atomic mass is 9.85. The Balaban J connectivity index is 1.54. The number of halogens is 1. The molecule has 1 aliphatic heterocycles. The summed E-state index contributed by atoms with van der Waals surface area (Å²) >= 11 is 2.58. The number of rotatable bonds is 6. The molecule has 1 fully saturated rings. The van der Waals surface area contributed by atoms with Crippen LogP contribution in [0.1, 0.15) is 49.1 Å². The summed E-state index contributed by atoms with van der Waals surface area (Å²) in [7, 11) is 0. The molecule has 0 saturated carbocycles. The van der Waals surface area contributed by atoms with Gasteiger partial charge in [-0.05, 0) is 46.4 Å². The van der Waals surface area contributed by atoms with Gasteiger partial charge in [0.2, 0.25) is 5.13 Å². The van der Waals surface area contributed by atoms with Gasteiger partial charge >= 0.3 is 5.91 Å². The second kappa shape index (κ2) is 10.7. The maximum absolute atomic E-state index is 13.4. The number of thioether (sulfide) groups is 1. The molecule has 198 valence electrons. The van der Waals surface area contributed by atoms with E-state index in [-0.39, 0.29) is 27.7 Å². The largest absolute Gasteiger partial charge is 0.507 e. The Kier molecular flexibility index (Phi) is 7.33. The van der Waals surface area contributed by atoms with Crippen LogP contribution in [0.5, 0.6) is 0 Å². The van der Waals surface area contributed by atoms with Crippen molar-refractivity contribution in [1.29, 1.82) is 0 Å². The topological polar surface area (TPSA) is 96.3 Å². The Morgan fingerprint density at radius 3 is 2.31 bits per heavy atom. The monoisotopic (exact) mass is 560 g/mol. The van der Waals surface area contributed by atoms with Crippen LogP contribution in [0.4, 0.5) is 9.52 Å². The first-order valence-electron chi connectivity index (χ1n) is 12.2. The first kappa shape index (κ1) is 26.7. The van der Waals surface area contributed by atoms with E-state index in [1.165, 1.54) is 52.5 Å². The molecule has 2 aromatic carbocycles. The zero-order valence-corrected chi connectivity index (χ0v) is 23.1. The molecule has 1 unspecified atom stereocenters. The number of Topliss-reactive ketones (excluding diaryl/α,β-unsaturated/α-hetero) is 1. The van der Waals surface area contributed by atoms with Gasteiger partial charge in [0.1, 0.15) is 11.6 Å². The van der Waals surface area contributed by atoms with E-state index in [1.807, 2.05) is 24.3 Å². The number of hydrogen-bond donors (Lipinski definition) is 1. The first-order valence-corrected chi connectivity index (χ1v) is 14.0. The number of carbonyl (C=O) groups is 2. The molecule has 0 spiro atoms. The van der Waals surface area contributed by atoms with Crippen LogP contribution in [0.3, 0.4) is 0 Å². The van der Waals surface area contributed by atoms with Crippen molar-refractivity contribution < 1.29 is 19.1 Å². The standard InChI is InChI=1S/C29H25FN4O3S2/c1-29(2,3)20-8-6-18(7-9-20)23-22(24(35)19-12-14-31-15-13-19)25(36)26(37)34(23)27-32-33-28(39-27)38-16-17-4-10-21(30)11-5-17/h4-15,23,35H,16H2,1-3H3. The van der Waals surface area contributed by atoms with Crippen LogP contribution in [-0.2, 0) is 20.8 Å². The zero-order valence-electron chi connectivity index (χ0n) is 21.5. The van der Waals surface area contributed by atoms with E-state index in [0.29, 0.717) is 21.2 Å². The number of aromatic nitrogens is 3. The summed E-state index contributed by atoms with van der Waals surface area (Å²) in [4.78, 5) is 32.0. The van der Waals surface area contributed by atoms with Crippen LogP contribution in [-0.4, -0.2) is 32.0 Å². The molecule has 1 saturated heterocycles. The molecule has 39 heavy (non-hydrogen) atoms. The molecule has 0 bridgehead atoms. The fourth-order valence-electron chi connectivity index (χ4n) is 4.26. The predicted octanol–water partition coefficient (Wildman–Crippen LogP) is 6.29. The van der Waals surface area contributed by atoms with Crippen LogP contribution in [0.15, 0.2) is 83.0 Å². The van der Waals surface area contributed by atoms with Crippen molar-refractivity contribution in [3.63, 3.8) is 0 Å². The van der Waals surface area contributed by atoms with Gasteiger partial charge in [-0.15, -0.1) is 10.2 Å². The lowest BCUT2D eigenvalue weighted by molar-refractivity contribution is -0.132. The van der Waals surface area contributed by atoms with Crippen molar-refractivity contribution in [2.75, 3.05) is 4.90 Å². The smallest absolute Gasteiger partial charge is 0.301 e. The molecule has 1 N–H and O–H groups in total. The average Bonchev–Trinajstić information content (AvgIpc) is 3.50. The van der Waals surface area contributed by atoms with Gasteiger partial charge < -0.3 is 5.11 Å². The van der Waals surface area contributed by atoms with Gasteiger partial charge in [-0.25, -0.2) is 4.39 Å². The third kappa shape index (κ3) is 5.48. The number of aliphatic hydroxyl groups excluding tert-OH is 1. The van der Waals surface area contributed by atoms with Crippen LogP contribution in [0.2, 0.25) is 0 Å². The number of aliphatic hydroxyl groups is 1. The van der Waals surface area contributed by atoms with Crippen molar-refractivity contribution in [3.05, 3.63) is 107 Å². The molecule has 4 aromatic rings. The molecule has 0 radical (unpaired) electrons. The highest BCUT2D eigenvalue weighted by molar-refractivity contribution is 8.00. The molecule has 5 rings (SSSR count). The lowest BCUT2D eigenvalue weighted by Gasteiger charge is -2.24. The van der Waals surface area contributed by atoms with Gasteiger partial charge in [0, 0.05) is 23.7 Å². The summed E-state index contributed by atoms with van der Waals surface area (Å²) < 4.78 is 13.8. The van der Waals surface area contributed by atoms with Crippen molar-refractivity contribution in [2.45, 2.75) is 42.3 Å². The van der Waals surface area contributed by atoms with E-state index >= 15 is 0 Å². The fourth-order valence-corrected chi connectivity index (χ4v) is 6.08. The quantitative estimate of drug-likeness (QED) is 0.0974. The highest BCUT2D eigenvalue weighted by Crippen LogP contribution is 2.44. The Morgan fingerprint density at radius 1 is 1.00 bits per heavy atom. The van der Waals surface area contributed by atoms with Gasteiger partial charge in [-0.1, -0.05) is 80.3 Å². The summed E-state index contributed by atoms with van der Waals surface area (Å²) in [5, 5.41) is 19.9. The molecule has 1 atom stereocenters. The fraction of sp³-hybridized carbons (Fsp3) is 0.207. The Bertz CT molecular complexity index is 1550. The van der Waals surface area contributed by atoms with E-state index in [2.05, 4.69) is 36.0 Å². The number of benzene rings is 2. The number of ketones is 1. The Morgan fingerprint density at radius 2 is 1.67 bits per heavy atom. The zero-order chi connectivity index (χ0) is 27.7. The minimum atomic E-state index is -0.893. The predicted molar refractivity (Wildman–Crippen MR) is 150 cm³/mol. The third-order valence-electron chi connectivity index (χ3n) is 6.37. The second-order valence-corrected chi connectivity index (χ2v) is 12.2. The normalized spacial score (nSPS) is 17.1. The van der Waals surface area contributed by atoms with E-state index in [9.17, 15) is 19.1 Å². The molecular weight excluding hydrogens is 535 g/mol. The number of pyridine rings is 1. The molecule has 1 aliphatic rings. The van der Waals surface area contributed by atoms with Gasteiger partial charge in [0.25, 0.3) is 5.78 Å². The average molecular weight is 561 g/mol. The first-order chi connectivity index (χ1) is 18.6. The van der Waals surface area contributed by atoms with Gasteiger partial charge in [-0.2, -0.15) is 0 Å². The van der Waals surface area contributed by atoms with E-state index in [4.69, 9.17) is 0 Å². The molecule has 2 aromatic heterocycles. The number of carbonyl (C=O) groups excluding carboxylic acids is 2. The van der Waals surface area contributed by atoms with Crippen LogP contribution >= 0.6 is 23.1 Å². The minimum absolute atomic E-state index is 0.0228. The van der Waals surface area contributed by atoms with Gasteiger partial charge in [-0.3, -0.25) is 19.5 Å². The van der Waals surface area contributed by atoms with Gasteiger partial charge in [0.05, 0.1) is 11.6 Å². The number of nitrogens with zero attached hydrogens (tertiary/aromatic N) is 4. The summed E-state index contributed by atoms with van der Waals surface area (Å²) in [5.74, 6) is -1.64. The molecular formula is C29H25FN4O3S2. The van der Waals surface area contributed by atoms with E-state index < -0.39 is 17.7 Å². The van der Waals surface area contributed by atoms with Crippen molar-refractivity contribution in [3.8, 4) is 0 Å². The van der Waals surface area contributed by atoms with Crippen LogP contribution in [0, 0.1) is 5.82 Å². The number of amides is 1. The highest BCUT2D eigenvalue weighted by Gasteiger charge is 2.48. The van der Waals surface area contributed by atoms with Crippen molar-refractivity contribution in [1.82, 2.24) is 15.2 Å². The maximum Gasteiger partial charge on any atom is 0.301 e. The molecule has 10 heteroatoms. The van der Waals surface area contributed by atoms with E-state index in [0.717, 1.165) is 11.1 Å². The Hall–Kier alpha value is -3.89. The third-order valence-corrected chi connectivity index (χ3v) is 8.50. The summed E-state index contributed by atoms with van der Waals surface area (Å²) in [6.07, 6.45) is 3.02. The molecule has 7 nitrogen and oxygen atoms in total. The van der Waals surface area contributed by atoms with Crippen LogP contribution in [0.25, 0.3) is 5.76 Å². The molecule has 0 aliphatic carbocycles. The Labute approximate surface area is 233 Å². The van der Waals surface area contributed by atoms with Crippen molar-refractivity contribution >= 4 is 45.7 Å². The molecule has 3 heterocycles. The van der Waals surface area contributed by atoms with E-state index in [1.54, 1.807) is 24.3 Å². The lowest BCUT2D eigenvalue weighted by Crippen LogP contribution is -2.29. The second-order valence-electron chi connectivity index (χ2n) is 10.0. The summed E-state index contributed by atoms with van der Waals surface area (Å²) in [5.41, 5.74) is 2.93. The number of hydrogen-bond acceptors (Lipinski definition) is 8. The maximum atomic E-state index is 13.4. The summed E-state index contributed by atoms with van der Waals surface area (Å²) in [6, 6.07) is 16.1. The minimum Gasteiger partial charge on any atom is -0.507 e. The van der Waals surface area contributed by atoms with Crippen LogP contribution < -0.4 is 4.90 Å². The highest BCUT2D eigenvalue weighted by atomic mass is 32.2. The molecule has 1 amide bonds. The van der Waals surface area contributed by atoms with Gasteiger partial charge in [0.15, 0.2) is 4.34 Å². The summed E-state index contributed by atoms with van der Waals surface area (Å²) in [6.45, 7) is 6.30.